The highest BCUT2D eigenvalue weighted by Crippen LogP contribution is 2.25. The predicted molar refractivity (Wildman–Crippen MR) is 130 cm³/mol. The summed E-state index contributed by atoms with van der Waals surface area (Å²) in [7, 11) is 1.54. The van der Waals surface area contributed by atoms with E-state index in [1.807, 2.05) is 30.3 Å². The van der Waals surface area contributed by atoms with E-state index in [1.165, 1.54) is 7.11 Å². The number of rotatable bonds is 7. The van der Waals surface area contributed by atoms with E-state index >= 15 is 0 Å². The van der Waals surface area contributed by atoms with Crippen molar-refractivity contribution in [3.8, 4) is 5.75 Å². The summed E-state index contributed by atoms with van der Waals surface area (Å²) in [6.07, 6.45) is 0.481. The third-order valence-corrected chi connectivity index (χ3v) is 5.81. The molecule has 1 atom stereocenters. The number of ether oxygens (including phenoxy) is 1. The van der Waals surface area contributed by atoms with Crippen LogP contribution in [0.3, 0.4) is 0 Å². The zero-order valence-corrected chi connectivity index (χ0v) is 18.8. The van der Waals surface area contributed by atoms with Crippen molar-refractivity contribution in [1.82, 2.24) is 4.90 Å². The van der Waals surface area contributed by atoms with Crippen molar-refractivity contribution in [3.05, 3.63) is 89.5 Å². The van der Waals surface area contributed by atoms with Gasteiger partial charge in [0.25, 0.3) is 5.91 Å². The summed E-state index contributed by atoms with van der Waals surface area (Å²) in [5, 5.41) is 5.64. The first-order chi connectivity index (χ1) is 16.4. The summed E-state index contributed by atoms with van der Waals surface area (Å²) in [6, 6.07) is 21.0. The van der Waals surface area contributed by atoms with Gasteiger partial charge >= 0.3 is 0 Å². The summed E-state index contributed by atoms with van der Waals surface area (Å²) in [6.45, 7) is 0.497. The number of fused-ring (bicyclic) bond motifs is 1. The third kappa shape index (κ3) is 5.24. The molecule has 4 rings (SSSR count). The Morgan fingerprint density at radius 1 is 0.941 bits per heavy atom. The summed E-state index contributed by atoms with van der Waals surface area (Å²) in [5.41, 5.74) is 9.31. The molecule has 0 spiro atoms. The molecule has 0 saturated carbocycles. The zero-order valence-electron chi connectivity index (χ0n) is 18.8. The van der Waals surface area contributed by atoms with Crippen LogP contribution >= 0.6 is 0 Å². The Morgan fingerprint density at radius 3 is 2.32 bits per heavy atom. The monoisotopic (exact) mass is 458 g/mol. The number of methoxy groups -OCH3 is 1. The Labute approximate surface area is 197 Å². The van der Waals surface area contributed by atoms with Gasteiger partial charge in [0.1, 0.15) is 5.75 Å². The van der Waals surface area contributed by atoms with E-state index in [9.17, 15) is 14.4 Å². The van der Waals surface area contributed by atoms with E-state index in [0.29, 0.717) is 35.7 Å². The van der Waals surface area contributed by atoms with Crippen LogP contribution in [0.25, 0.3) is 0 Å². The number of benzene rings is 3. The van der Waals surface area contributed by atoms with Gasteiger partial charge in [0, 0.05) is 17.8 Å². The van der Waals surface area contributed by atoms with E-state index in [0.717, 1.165) is 11.1 Å². The number of nitrogens with zero attached hydrogens (tertiary/aromatic N) is 1. The van der Waals surface area contributed by atoms with Gasteiger partial charge in [0.2, 0.25) is 11.8 Å². The molecule has 3 aromatic rings. The highest BCUT2D eigenvalue weighted by molar-refractivity contribution is 6.05. The summed E-state index contributed by atoms with van der Waals surface area (Å²) >= 11 is 0. The number of anilines is 2. The molecule has 0 radical (unpaired) electrons. The van der Waals surface area contributed by atoms with Crippen molar-refractivity contribution < 1.29 is 19.1 Å². The van der Waals surface area contributed by atoms with Gasteiger partial charge in [0.15, 0.2) is 0 Å². The van der Waals surface area contributed by atoms with Crippen LogP contribution in [0, 0.1) is 0 Å². The Bertz CT molecular complexity index is 1210. The van der Waals surface area contributed by atoms with E-state index in [1.54, 1.807) is 47.4 Å². The van der Waals surface area contributed by atoms with Gasteiger partial charge in [-0.3, -0.25) is 19.3 Å². The molecule has 3 aromatic carbocycles. The summed E-state index contributed by atoms with van der Waals surface area (Å²) < 4.78 is 5.25. The predicted octanol–water partition coefficient (Wildman–Crippen LogP) is 2.80. The number of carbonyl (C=O) groups excluding carboxylic acids is 3. The van der Waals surface area contributed by atoms with Gasteiger partial charge in [-0.15, -0.1) is 0 Å². The Balaban J connectivity index is 1.38. The first-order valence-electron chi connectivity index (χ1n) is 10.9. The number of amides is 3. The van der Waals surface area contributed by atoms with Crippen molar-refractivity contribution in [2.75, 3.05) is 24.3 Å². The molecular weight excluding hydrogens is 432 g/mol. The highest BCUT2D eigenvalue weighted by Gasteiger charge is 2.31. The average Bonchev–Trinajstić information content (AvgIpc) is 2.84. The second-order valence-electron chi connectivity index (χ2n) is 8.08. The summed E-state index contributed by atoms with van der Waals surface area (Å²) in [5.74, 6) is -0.447. The minimum Gasteiger partial charge on any atom is -0.495 e. The molecule has 3 amide bonds. The van der Waals surface area contributed by atoms with Gasteiger partial charge in [-0.2, -0.15) is 0 Å². The number of carbonyl (C=O) groups is 3. The molecular formula is C26H26N4O4. The highest BCUT2D eigenvalue weighted by atomic mass is 16.5. The standard InChI is InChI=1S/C26H26N4O4/c1-34-23-9-5-4-8-21(23)29-26(33)17-10-12-20(13-11-17)28-24(31)16-30-15-19-7-3-2-6-18(19)14-22(30)25(27)32/h2-13,22H,14-16H2,1H3,(H2,27,32)(H,28,31)(H,29,33). The van der Waals surface area contributed by atoms with Crippen LogP contribution in [0.1, 0.15) is 21.5 Å². The van der Waals surface area contributed by atoms with Gasteiger partial charge in [0.05, 0.1) is 25.4 Å². The second kappa shape index (κ2) is 10.2. The number of hydrogen-bond acceptors (Lipinski definition) is 5. The lowest BCUT2D eigenvalue weighted by Gasteiger charge is -2.34. The lowest BCUT2D eigenvalue weighted by Crippen LogP contribution is -2.50. The zero-order chi connectivity index (χ0) is 24.1. The normalized spacial score (nSPS) is 15.1. The quantitative estimate of drug-likeness (QED) is 0.504. The van der Waals surface area contributed by atoms with Crippen LogP contribution < -0.4 is 21.1 Å². The number of para-hydroxylation sites is 2. The van der Waals surface area contributed by atoms with E-state index < -0.39 is 11.9 Å². The second-order valence-corrected chi connectivity index (χ2v) is 8.08. The molecule has 34 heavy (non-hydrogen) atoms. The van der Waals surface area contributed by atoms with Crippen LogP contribution in [0.4, 0.5) is 11.4 Å². The number of nitrogens with one attached hydrogen (secondary N) is 2. The Hall–Kier alpha value is -4.17. The largest absolute Gasteiger partial charge is 0.495 e. The number of hydrogen-bond donors (Lipinski definition) is 3. The van der Waals surface area contributed by atoms with Crippen LogP contribution in [-0.2, 0) is 22.6 Å². The maximum Gasteiger partial charge on any atom is 0.255 e. The molecule has 1 aliphatic heterocycles. The Kier molecular flexibility index (Phi) is 6.89. The van der Waals surface area contributed by atoms with Crippen LogP contribution in [0.2, 0.25) is 0 Å². The topological polar surface area (TPSA) is 114 Å². The fraction of sp³-hybridized carbons (Fsp3) is 0.192. The summed E-state index contributed by atoms with van der Waals surface area (Å²) in [4.78, 5) is 39.0. The molecule has 8 heteroatoms. The minimum absolute atomic E-state index is 0.0258. The van der Waals surface area contributed by atoms with Gasteiger partial charge in [-0.25, -0.2) is 0 Å². The number of nitrogens with two attached hydrogens (primary N) is 1. The molecule has 0 fully saturated rings. The molecule has 1 unspecified atom stereocenters. The first-order valence-corrected chi connectivity index (χ1v) is 10.9. The van der Waals surface area contributed by atoms with Crippen molar-refractivity contribution in [2.24, 2.45) is 5.73 Å². The van der Waals surface area contributed by atoms with E-state index in [2.05, 4.69) is 10.6 Å². The van der Waals surface area contributed by atoms with Crippen LogP contribution in [0.15, 0.2) is 72.8 Å². The number of primary amides is 1. The minimum atomic E-state index is -0.540. The maximum absolute atomic E-state index is 12.7. The first kappa shape index (κ1) is 23.0. The van der Waals surface area contributed by atoms with Crippen molar-refractivity contribution in [1.29, 1.82) is 0 Å². The fourth-order valence-electron chi connectivity index (χ4n) is 4.06. The van der Waals surface area contributed by atoms with Crippen molar-refractivity contribution in [2.45, 2.75) is 19.0 Å². The van der Waals surface area contributed by atoms with Gasteiger partial charge in [-0.05, 0) is 53.9 Å². The fourth-order valence-corrected chi connectivity index (χ4v) is 4.06. The molecule has 1 aliphatic rings. The smallest absolute Gasteiger partial charge is 0.255 e. The molecule has 0 bridgehead atoms. The molecule has 0 aliphatic carbocycles. The van der Waals surface area contributed by atoms with Crippen LogP contribution in [0.5, 0.6) is 5.75 Å². The molecule has 0 aromatic heterocycles. The van der Waals surface area contributed by atoms with Crippen LogP contribution in [-0.4, -0.2) is 42.3 Å². The van der Waals surface area contributed by atoms with Crippen molar-refractivity contribution >= 4 is 29.1 Å². The van der Waals surface area contributed by atoms with Gasteiger partial charge in [-0.1, -0.05) is 36.4 Å². The third-order valence-electron chi connectivity index (χ3n) is 5.81. The van der Waals surface area contributed by atoms with E-state index in [-0.39, 0.29) is 18.4 Å². The molecule has 8 nitrogen and oxygen atoms in total. The lowest BCUT2D eigenvalue weighted by molar-refractivity contribution is -0.125. The van der Waals surface area contributed by atoms with Gasteiger partial charge < -0.3 is 21.1 Å². The Morgan fingerprint density at radius 2 is 1.62 bits per heavy atom. The average molecular weight is 459 g/mol. The van der Waals surface area contributed by atoms with E-state index in [4.69, 9.17) is 10.5 Å². The molecule has 4 N–H and O–H groups in total. The maximum atomic E-state index is 12.7. The lowest BCUT2D eigenvalue weighted by atomic mass is 9.93. The SMILES string of the molecule is COc1ccccc1NC(=O)c1ccc(NC(=O)CN2Cc3ccccc3CC2C(N)=O)cc1. The molecule has 174 valence electrons. The molecule has 0 saturated heterocycles. The van der Waals surface area contributed by atoms with Crippen molar-refractivity contribution in [3.63, 3.8) is 0 Å². The molecule has 1 heterocycles.